The molecule has 6 heteroatoms. The summed E-state index contributed by atoms with van der Waals surface area (Å²) in [5.41, 5.74) is 6.22. The minimum atomic E-state index is -0.725. The quantitative estimate of drug-likeness (QED) is 0.375. The second-order valence-corrected chi connectivity index (χ2v) is 9.73. The molecule has 1 saturated heterocycles. The minimum Gasteiger partial charge on any atom is -0.491 e. The predicted molar refractivity (Wildman–Crippen MR) is 143 cm³/mol. The maximum atomic E-state index is 13.0. The lowest BCUT2D eigenvalue weighted by atomic mass is 10.1. The molecule has 1 fully saturated rings. The molecular formula is C30H33N3O3. The van der Waals surface area contributed by atoms with Gasteiger partial charge in [0.15, 0.2) is 0 Å². The molecule has 1 aromatic heterocycles. The molecule has 0 spiro atoms. The van der Waals surface area contributed by atoms with E-state index in [0.717, 1.165) is 40.3 Å². The van der Waals surface area contributed by atoms with Gasteiger partial charge in [0, 0.05) is 24.6 Å². The van der Waals surface area contributed by atoms with E-state index >= 15 is 0 Å². The van der Waals surface area contributed by atoms with Crippen LogP contribution in [-0.2, 0) is 17.8 Å². The molecule has 4 aromatic rings. The fourth-order valence-corrected chi connectivity index (χ4v) is 5.05. The van der Waals surface area contributed by atoms with Crippen LogP contribution in [0.25, 0.3) is 11.0 Å². The van der Waals surface area contributed by atoms with Crippen LogP contribution in [0.5, 0.6) is 5.75 Å². The molecule has 6 nitrogen and oxygen atoms in total. The van der Waals surface area contributed by atoms with Crippen LogP contribution in [-0.4, -0.2) is 39.8 Å². The number of para-hydroxylation sites is 2. The monoisotopic (exact) mass is 483 g/mol. The zero-order valence-electron chi connectivity index (χ0n) is 21.1. The molecule has 0 unspecified atom stereocenters. The van der Waals surface area contributed by atoms with Gasteiger partial charge in [0.2, 0.25) is 5.91 Å². The molecule has 0 bridgehead atoms. The maximum absolute atomic E-state index is 13.0. The van der Waals surface area contributed by atoms with E-state index in [1.807, 2.05) is 67.3 Å². The molecule has 186 valence electrons. The fraction of sp³-hybridized carbons (Fsp3) is 0.333. The Hall–Kier alpha value is -3.64. The van der Waals surface area contributed by atoms with Crippen molar-refractivity contribution in [1.82, 2.24) is 9.55 Å². The Morgan fingerprint density at radius 2 is 1.86 bits per heavy atom. The van der Waals surface area contributed by atoms with Crippen LogP contribution in [0.1, 0.15) is 41.8 Å². The van der Waals surface area contributed by atoms with Gasteiger partial charge in [-0.1, -0.05) is 48.9 Å². The number of anilines is 1. The Balaban J connectivity index is 1.36. The Morgan fingerprint density at radius 3 is 2.61 bits per heavy atom. The lowest BCUT2D eigenvalue weighted by Gasteiger charge is -2.19. The zero-order valence-corrected chi connectivity index (χ0v) is 21.1. The van der Waals surface area contributed by atoms with Crippen LogP contribution in [0, 0.1) is 13.8 Å². The third-order valence-corrected chi connectivity index (χ3v) is 6.99. The summed E-state index contributed by atoms with van der Waals surface area (Å²) in [6.45, 7) is 7.27. The lowest BCUT2D eigenvalue weighted by molar-refractivity contribution is -0.117. The summed E-state index contributed by atoms with van der Waals surface area (Å²) in [4.78, 5) is 19.8. The summed E-state index contributed by atoms with van der Waals surface area (Å²) in [6, 6.07) is 22.2. The van der Waals surface area contributed by atoms with Crippen molar-refractivity contribution in [2.75, 3.05) is 18.1 Å². The average molecular weight is 484 g/mol. The van der Waals surface area contributed by atoms with Gasteiger partial charge in [-0.15, -0.1) is 0 Å². The highest BCUT2D eigenvalue weighted by atomic mass is 16.5. The number of carbonyl (C=O) groups excluding carboxylic acids is 1. The van der Waals surface area contributed by atoms with E-state index in [1.165, 1.54) is 11.1 Å². The Bertz CT molecular complexity index is 1380. The van der Waals surface area contributed by atoms with Gasteiger partial charge in [-0.3, -0.25) is 4.79 Å². The van der Waals surface area contributed by atoms with Gasteiger partial charge in [0.1, 0.15) is 24.3 Å². The third-order valence-electron chi connectivity index (χ3n) is 6.99. The normalized spacial score (nSPS) is 16.6. The van der Waals surface area contributed by atoms with Crippen LogP contribution >= 0.6 is 0 Å². The summed E-state index contributed by atoms with van der Waals surface area (Å²) >= 11 is 0. The van der Waals surface area contributed by atoms with Crippen molar-refractivity contribution in [3.05, 3.63) is 89.2 Å². The first kappa shape index (κ1) is 24.1. The molecule has 0 saturated carbocycles. The molecule has 0 aliphatic carbocycles. The average Bonchev–Trinajstić information content (AvgIpc) is 3.44. The van der Waals surface area contributed by atoms with Crippen molar-refractivity contribution >= 4 is 22.6 Å². The van der Waals surface area contributed by atoms with Crippen LogP contribution in [0.3, 0.4) is 0 Å². The number of aromatic nitrogens is 2. The van der Waals surface area contributed by atoms with E-state index in [1.54, 1.807) is 0 Å². The van der Waals surface area contributed by atoms with Crippen molar-refractivity contribution in [2.24, 2.45) is 0 Å². The first-order valence-corrected chi connectivity index (χ1v) is 12.7. The summed E-state index contributed by atoms with van der Waals surface area (Å²) in [6.07, 6.45) is 0.640. The molecule has 2 heterocycles. The van der Waals surface area contributed by atoms with E-state index in [9.17, 15) is 9.90 Å². The number of fused-ring (bicyclic) bond motifs is 1. The van der Waals surface area contributed by atoms with E-state index in [4.69, 9.17) is 9.72 Å². The van der Waals surface area contributed by atoms with Crippen molar-refractivity contribution < 1.29 is 14.6 Å². The van der Waals surface area contributed by atoms with Crippen LogP contribution in [0.2, 0.25) is 0 Å². The van der Waals surface area contributed by atoms with Gasteiger partial charge >= 0.3 is 0 Å². The van der Waals surface area contributed by atoms with Crippen molar-refractivity contribution in [3.8, 4) is 5.75 Å². The SMILES string of the molecule is CCc1ccc(N2C[C@@H](c3nc4ccccc4n3C[C@@H](O)COc3ccc(C)cc3C)CC2=O)cc1. The largest absolute Gasteiger partial charge is 0.491 e. The fourth-order valence-electron chi connectivity index (χ4n) is 5.05. The minimum absolute atomic E-state index is 0.0526. The summed E-state index contributed by atoms with van der Waals surface area (Å²) < 4.78 is 8.01. The molecule has 1 amide bonds. The van der Waals surface area contributed by atoms with Gasteiger partial charge in [0.05, 0.1) is 17.6 Å². The molecule has 3 aromatic carbocycles. The van der Waals surface area contributed by atoms with Gasteiger partial charge < -0.3 is 19.3 Å². The number of nitrogens with zero attached hydrogens (tertiary/aromatic N) is 3. The topological polar surface area (TPSA) is 67.6 Å². The second-order valence-electron chi connectivity index (χ2n) is 9.73. The number of carbonyl (C=O) groups is 1. The number of aliphatic hydroxyl groups excluding tert-OH is 1. The van der Waals surface area contributed by atoms with Gasteiger partial charge in [-0.25, -0.2) is 4.98 Å². The van der Waals surface area contributed by atoms with E-state index in [2.05, 4.69) is 29.7 Å². The van der Waals surface area contributed by atoms with E-state index < -0.39 is 6.10 Å². The number of hydrogen-bond acceptors (Lipinski definition) is 4. The van der Waals surface area contributed by atoms with Crippen molar-refractivity contribution in [3.63, 3.8) is 0 Å². The highest BCUT2D eigenvalue weighted by molar-refractivity contribution is 5.96. The van der Waals surface area contributed by atoms with Gasteiger partial charge in [-0.05, 0) is 61.7 Å². The lowest BCUT2D eigenvalue weighted by Crippen LogP contribution is -2.26. The molecule has 2 atom stereocenters. The molecule has 1 N–H and O–H groups in total. The number of imidazole rings is 1. The highest BCUT2D eigenvalue weighted by Crippen LogP contribution is 2.33. The number of aryl methyl sites for hydroxylation is 3. The summed E-state index contributed by atoms with van der Waals surface area (Å²) in [5.74, 6) is 1.66. The highest BCUT2D eigenvalue weighted by Gasteiger charge is 2.35. The third kappa shape index (κ3) is 4.86. The molecule has 1 aliphatic rings. The number of rotatable bonds is 8. The number of amides is 1. The van der Waals surface area contributed by atoms with Crippen molar-refractivity contribution in [2.45, 2.75) is 52.2 Å². The number of aliphatic hydroxyl groups is 1. The van der Waals surface area contributed by atoms with Gasteiger partial charge in [-0.2, -0.15) is 0 Å². The zero-order chi connectivity index (χ0) is 25.2. The van der Waals surface area contributed by atoms with Gasteiger partial charge in [0.25, 0.3) is 0 Å². The van der Waals surface area contributed by atoms with Crippen LogP contribution < -0.4 is 9.64 Å². The Kier molecular flexibility index (Phi) is 6.79. The first-order valence-electron chi connectivity index (χ1n) is 12.7. The Morgan fingerprint density at radius 1 is 1.08 bits per heavy atom. The van der Waals surface area contributed by atoms with Crippen LogP contribution in [0.15, 0.2) is 66.7 Å². The summed E-state index contributed by atoms with van der Waals surface area (Å²) in [7, 11) is 0. The van der Waals surface area contributed by atoms with E-state index in [0.29, 0.717) is 19.5 Å². The van der Waals surface area contributed by atoms with Crippen molar-refractivity contribution in [1.29, 1.82) is 0 Å². The van der Waals surface area contributed by atoms with Crippen LogP contribution in [0.4, 0.5) is 5.69 Å². The smallest absolute Gasteiger partial charge is 0.227 e. The maximum Gasteiger partial charge on any atom is 0.227 e. The predicted octanol–water partition coefficient (Wildman–Crippen LogP) is 5.18. The second kappa shape index (κ2) is 10.2. The number of ether oxygens (including phenoxy) is 1. The first-order chi connectivity index (χ1) is 17.4. The molecule has 0 radical (unpaired) electrons. The molecule has 36 heavy (non-hydrogen) atoms. The number of benzene rings is 3. The molecular weight excluding hydrogens is 450 g/mol. The standard InChI is InChI=1S/C30H33N3O3/c1-4-22-10-12-24(13-11-22)32-17-23(16-29(32)35)30-31-26-7-5-6-8-27(26)33(30)18-25(34)19-36-28-14-9-20(2)15-21(28)3/h5-15,23,25,34H,4,16-19H2,1-3H3/t23-,25+/m0/s1. The summed E-state index contributed by atoms with van der Waals surface area (Å²) in [5, 5.41) is 10.9. The molecule has 5 rings (SSSR count). The van der Waals surface area contributed by atoms with E-state index in [-0.39, 0.29) is 18.4 Å². The Labute approximate surface area is 212 Å². The molecule has 1 aliphatic heterocycles. The number of hydrogen-bond donors (Lipinski definition) is 1.